The van der Waals surface area contributed by atoms with Crippen molar-refractivity contribution >= 4 is 33.2 Å². The molecular weight excluding hydrogens is 328 g/mol. The van der Waals surface area contributed by atoms with E-state index in [1.54, 1.807) is 24.3 Å². The molecule has 2 rings (SSSR count). The molecule has 2 aromatic rings. The molecule has 2 N–H and O–H groups in total. The van der Waals surface area contributed by atoms with Crippen LogP contribution < -0.4 is 10.5 Å². The van der Waals surface area contributed by atoms with Crippen LogP contribution in [-0.4, -0.2) is 0 Å². The fraction of sp³-hybridized carbons (Fsp3) is 0.0714. The summed E-state index contributed by atoms with van der Waals surface area (Å²) in [6.45, 7) is 0.289. The van der Waals surface area contributed by atoms with Gasteiger partial charge in [-0.15, -0.1) is 0 Å². The highest BCUT2D eigenvalue weighted by Gasteiger charge is 2.07. The van der Waals surface area contributed by atoms with Crippen LogP contribution in [0.15, 0.2) is 40.9 Å². The maximum atomic E-state index is 8.77. The molecule has 0 spiro atoms. The number of nitrogens with two attached hydrogens (primary N) is 1. The molecule has 0 aliphatic carbocycles. The smallest absolute Gasteiger partial charge is 0.156 e. The van der Waals surface area contributed by atoms with E-state index in [0.29, 0.717) is 22.0 Å². The van der Waals surface area contributed by atoms with Crippen molar-refractivity contribution in [3.05, 3.63) is 57.0 Å². The topological polar surface area (TPSA) is 59.0 Å². The van der Waals surface area contributed by atoms with E-state index in [4.69, 9.17) is 27.3 Å². The minimum Gasteiger partial charge on any atom is -0.485 e. The lowest BCUT2D eigenvalue weighted by Gasteiger charge is -2.11. The first-order chi connectivity index (χ1) is 9.11. The Labute approximate surface area is 124 Å². The second kappa shape index (κ2) is 5.96. The molecular formula is C14H10BrClN2O. The molecule has 0 aliphatic rings. The van der Waals surface area contributed by atoms with Crippen molar-refractivity contribution in [1.82, 2.24) is 0 Å². The largest absolute Gasteiger partial charge is 0.485 e. The zero-order valence-electron chi connectivity index (χ0n) is 9.86. The molecule has 0 saturated heterocycles. The van der Waals surface area contributed by atoms with Crippen LogP contribution in [0.4, 0.5) is 5.69 Å². The van der Waals surface area contributed by atoms with E-state index in [1.807, 2.05) is 18.2 Å². The highest BCUT2D eigenvalue weighted by molar-refractivity contribution is 9.10. The first-order valence-corrected chi connectivity index (χ1v) is 6.64. The third-order valence-corrected chi connectivity index (χ3v) is 3.53. The van der Waals surface area contributed by atoms with Crippen LogP contribution in [0.2, 0.25) is 5.02 Å². The fourth-order valence-corrected chi connectivity index (χ4v) is 2.29. The van der Waals surface area contributed by atoms with Gasteiger partial charge >= 0.3 is 0 Å². The number of rotatable bonds is 3. The number of nitrogen functional groups attached to an aromatic ring is 1. The molecule has 0 bridgehead atoms. The Morgan fingerprint density at radius 3 is 2.74 bits per heavy atom. The van der Waals surface area contributed by atoms with Gasteiger partial charge in [-0.25, -0.2) is 0 Å². The van der Waals surface area contributed by atoms with Gasteiger partial charge in [-0.05, 0) is 40.2 Å². The zero-order chi connectivity index (χ0) is 13.8. The Hall–Kier alpha value is -1.70. The van der Waals surface area contributed by atoms with E-state index in [2.05, 4.69) is 15.9 Å². The van der Waals surface area contributed by atoms with Crippen molar-refractivity contribution in [2.45, 2.75) is 6.61 Å². The number of nitrogens with zero attached hydrogens (tertiary/aromatic N) is 1. The number of halogens is 2. The lowest BCUT2D eigenvalue weighted by molar-refractivity contribution is 0.306. The van der Waals surface area contributed by atoms with Crippen LogP contribution in [-0.2, 0) is 6.61 Å². The van der Waals surface area contributed by atoms with Gasteiger partial charge in [-0.1, -0.05) is 23.7 Å². The number of benzene rings is 2. The summed E-state index contributed by atoms with van der Waals surface area (Å²) in [5.41, 5.74) is 7.72. The number of hydrogen-bond donors (Lipinski definition) is 1. The molecule has 0 heterocycles. The van der Waals surface area contributed by atoms with Gasteiger partial charge in [0.2, 0.25) is 0 Å². The Kier molecular flexibility index (Phi) is 4.31. The quantitative estimate of drug-likeness (QED) is 0.856. The van der Waals surface area contributed by atoms with Crippen molar-refractivity contribution in [3.8, 4) is 11.8 Å². The molecule has 96 valence electrons. The van der Waals surface area contributed by atoms with E-state index in [-0.39, 0.29) is 6.61 Å². The predicted octanol–water partition coefficient (Wildman–Crippen LogP) is 4.14. The van der Waals surface area contributed by atoms with E-state index < -0.39 is 0 Å². The van der Waals surface area contributed by atoms with Crippen LogP contribution in [0.25, 0.3) is 0 Å². The van der Waals surface area contributed by atoms with Crippen molar-refractivity contribution in [2.24, 2.45) is 0 Å². The maximum Gasteiger partial charge on any atom is 0.156 e. The average molecular weight is 338 g/mol. The van der Waals surface area contributed by atoms with Crippen LogP contribution in [0, 0.1) is 11.3 Å². The third kappa shape index (κ3) is 3.19. The molecule has 0 radical (unpaired) electrons. The highest BCUT2D eigenvalue weighted by Crippen LogP contribution is 2.32. The number of ether oxygens (including phenoxy) is 1. The molecule has 0 saturated carbocycles. The van der Waals surface area contributed by atoms with Crippen LogP contribution in [0.3, 0.4) is 0 Å². The average Bonchev–Trinajstić information content (AvgIpc) is 2.39. The van der Waals surface area contributed by atoms with Crippen LogP contribution in [0.5, 0.6) is 5.75 Å². The first kappa shape index (κ1) is 13.7. The lowest BCUT2D eigenvalue weighted by atomic mass is 10.1. The normalized spacial score (nSPS) is 9.95. The summed E-state index contributed by atoms with van der Waals surface area (Å²) >= 11 is 9.46. The SMILES string of the molecule is N#Cc1ccc(COc2c(N)cccc2Br)c(Cl)c1. The Morgan fingerprint density at radius 1 is 1.32 bits per heavy atom. The third-order valence-electron chi connectivity index (χ3n) is 2.55. The molecule has 2 aromatic carbocycles. The molecule has 0 fully saturated rings. The molecule has 0 aliphatic heterocycles. The summed E-state index contributed by atoms with van der Waals surface area (Å²) in [4.78, 5) is 0. The summed E-state index contributed by atoms with van der Waals surface area (Å²) in [5.74, 6) is 0.586. The van der Waals surface area contributed by atoms with Gasteiger partial charge in [0, 0.05) is 10.6 Å². The summed E-state index contributed by atoms with van der Waals surface area (Å²) < 4.78 is 6.46. The number of anilines is 1. The zero-order valence-corrected chi connectivity index (χ0v) is 12.2. The molecule has 0 atom stereocenters. The Bertz CT molecular complexity index is 632. The van der Waals surface area contributed by atoms with Crippen LogP contribution in [0.1, 0.15) is 11.1 Å². The number of nitriles is 1. The van der Waals surface area contributed by atoms with Gasteiger partial charge in [0.1, 0.15) is 6.61 Å². The second-order valence-electron chi connectivity index (χ2n) is 3.86. The van der Waals surface area contributed by atoms with Gasteiger partial charge in [0.15, 0.2) is 5.75 Å². The molecule has 19 heavy (non-hydrogen) atoms. The minimum absolute atomic E-state index is 0.289. The van der Waals surface area contributed by atoms with Gasteiger partial charge in [0.05, 0.1) is 21.8 Å². The lowest BCUT2D eigenvalue weighted by Crippen LogP contribution is -2.00. The fourth-order valence-electron chi connectivity index (χ4n) is 1.56. The molecule has 3 nitrogen and oxygen atoms in total. The molecule has 5 heteroatoms. The van der Waals surface area contributed by atoms with E-state index in [1.165, 1.54) is 0 Å². The summed E-state index contributed by atoms with van der Waals surface area (Å²) in [5, 5.41) is 9.28. The summed E-state index contributed by atoms with van der Waals surface area (Å²) in [6, 6.07) is 12.6. The monoisotopic (exact) mass is 336 g/mol. The summed E-state index contributed by atoms with van der Waals surface area (Å²) in [7, 11) is 0. The maximum absolute atomic E-state index is 8.77. The van der Waals surface area contributed by atoms with Crippen molar-refractivity contribution < 1.29 is 4.74 Å². The van der Waals surface area contributed by atoms with Crippen molar-refractivity contribution in [1.29, 1.82) is 5.26 Å². The minimum atomic E-state index is 0.289. The van der Waals surface area contributed by atoms with Gasteiger partial charge in [0.25, 0.3) is 0 Å². The predicted molar refractivity (Wildman–Crippen MR) is 79.1 cm³/mol. The van der Waals surface area contributed by atoms with Crippen molar-refractivity contribution in [2.75, 3.05) is 5.73 Å². The summed E-state index contributed by atoms with van der Waals surface area (Å²) in [6.07, 6.45) is 0. The molecule has 0 unspecified atom stereocenters. The Balaban J connectivity index is 2.17. The van der Waals surface area contributed by atoms with E-state index in [9.17, 15) is 0 Å². The van der Waals surface area contributed by atoms with E-state index in [0.717, 1.165) is 10.0 Å². The molecule has 0 aromatic heterocycles. The van der Waals surface area contributed by atoms with Gasteiger partial charge < -0.3 is 10.5 Å². The van der Waals surface area contributed by atoms with E-state index >= 15 is 0 Å². The highest BCUT2D eigenvalue weighted by atomic mass is 79.9. The van der Waals surface area contributed by atoms with Crippen LogP contribution >= 0.6 is 27.5 Å². The Morgan fingerprint density at radius 2 is 2.11 bits per heavy atom. The number of hydrogen-bond acceptors (Lipinski definition) is 3. The van der Waals surface area contributed by atoms with Gasteiger partial charge in [-0.2, -0.15) is 5.26 Å². The van der Waals surface area contributed by atoms with Crippen molar-refractivity contribution in [3.63, 3.8) is 0 Å². The standard InChI is InChI=1S/C14H10BrClN2O/c15-11-2-1-3-13(18)14(11)19-8-10-5-4-9(7-17)6-12(10)16/h1-6H,8,18H2. The first-order valence-electron chi connectivity index (χ1n) is 5.47. The molecule has 0 amide bonds. The second-order valence-corrected chi connectivity index (χ2v) is 5.13. The number of para-hydroxylation sites is 1. The van der Waals surface area contributed by atoms with Gasteiger partial charge in [-0.3, -0.25) is 0 Å².